The van der Waals surface area contributed by atoms with E-state index < -0.39 is 29.3 Å². The van der Waals surface area contributed by atoms with Gasteiger partial charge in [0.25, 0.3) is 5.91 Å². The number of morpholine rings is 1. The molecular weight excluding hydrogens is 417 g/mol. The molecule has 164 valence electrons. The van der Waals surface area contributed by atoms with Crippen molar-refractivity contribution < 1.29 is 32.2 Å². The molecule has 2 saturated heterocycles. The largest absolute Gasteiger partial charge is 0.437 e. The monoisotopic (exact) mass is 436 g/mol. The maximum atomic E-state index is 14.6. The molecule has 8 nitrogen and oxygen atoms in total. The number of carbonyl (C=O) groups is 2. The third-order valence-corrected chi connectivity index (χ3v) is 5.20. The molecule has 1 atom stereocenters. The minimum atomic E-state index is -4.15. The van der Waals surface area contributed by atoms with E-state index >= 15 is 0 Å². The molecule has 2 aromatic rings. The van der Waals surface area contributed by atoms with Crippen LogP contribution in [0.2, 0.25) is 0 Å². The lowest BCUT2D eigenvalue weighted by Gasteiger charge is -2.45. The van der Waals surface area contributed by atoms with Crippen molar-refractivity contribution in [3.8, 4) is 0 Å². The molecule has 2 aliphatic rings. The SMILES string of the molecule is Cc1ncncc1C(=O)N1CCOCC2(C1)CN(c1ccc(F)cc1)C(=O)C(F)(F)O2. The molecule has 2 aliphatic heterocycles. The van der Waals surface area contributed by atoms with E-state index in [1.165, 1.54) is 29.6 Å². The van der Waals surface area contributed by atoms with Gasteiger partial charge in [-0.25, -0.2) is 14.4 Å². The van der Waals surface area contributed by atoms with Crippen LogP contribution in [0, 0.1) is 12.7 Å². The van der Waals surface area contributed by atoms with Crippen LogP contribution in [0.5, 0.6) is 0 Å². The first-order valence-electron chi connectivity index (χ1n) is 9.50. The molecule has 1 spiro atoms. The van der Waals surface area contributed by atoms with Crippen molar-refractivity contribution in [3.63, 3.8) is 0 Å². The highest BCUT2D eigenvalue weighted by molar-refractivity contribution is 5.98. The number of aromatic nitrogens is 2. The summed E-state index contributed by atoms with van der Waals surface area (Å²) in [5, 5.41) is 0. The van der Waals surface area contributed by atoms with Gasteiger partial charge in [-0.1, -0.05) is 0 Å². The number of rotatable bonds is 2. The summed E-state index contributed by atoms with van der Waals surface area (Å²) in [6.07, 6.45) is -1.50. The fraction of sp³-hybridized carbons (Fsp3) is 0.400. The van der Waals surface area contributed by atoms with Crippen LogP contribution in [-0.4, -0.2) is 71.2 Å². The molecule has 0 radical (unpaired) electrons. The number of nitrogens with zero attached hydrogens (tertiary/aromatic N) is 4. The molecule has 2 fully saturated rings. The quantitative estimate of drug-likeness (QED) is 0.714. The predicted molar refractivity (Wildman–Crippen MR) is 101 cm³/mol. The summed E-state index contributed by atoms with van der Waals surface area (Å²) in [5.41, 5.74) is -0.935. The lowest BCUT2D eigenvalue weighted by molar-refractivity contribution is -0.293. The number of hydrogen-bond donors (Lipinski definition) is 0. The Labute approximate surface area is 175 Å². The van der Waals surface area contributed by atoms with Crippen molar-refractivity contribution in [2.24, 2.45) is 0 Å². The van der Waals surface area contributed by atoms with Crippen LogP contribution in [0.3, 0.4) is 0 Å². The summed E-state index contributed by atoms with van der Waals surface area (Å²) >= 11 is 0. The Morgan fingerprint density at radius 1 is 1.19 bits per heavy atom. The molecule has 3 heterocycles. The molecule has 0 saturated carbocycles. The average molecular weight is 436 g/mol. The topological polar surface area (TPSA) is 84.9 Å². The summed E-state index contributed by atoms with van der Waals surface area (Å²) in [5.74, 6) is -2.60. The summed E-state index contributed by atoms with van der Waals surface area (Å²) in [6.45, 7) is 1.05. The van der Waals surface area contributed by atoms with E-state index in [-0.39, 0.29) is 44.1 Å². The Balaban J connectivity index is 1.66. The van der Waals surface area contributed by atoms with Gasteiger partial charge in [0.1, 0.15) is 17.7 Å². The predicted octanol–water partition coefficient (Wildman–Crippen LogP) is 1.79. The first kappa shape index (κ1) is 21.2. The van der Waals surface area contributed by atoms with Gasteiger partial charge in [-0.2, -0.15) is 8.78 Å². The second kappa shape index (κ2) is 7.89. The van der Waals surface area contributed by atoms with Crippen molar-refractivity contribution >= 4 is 17.5 Å². The van der Waals surface area contributed by atoms with Crippen molar-refractivity contribution in [2.75, 3.05) is 37.7 Å². The summed E-state index contributed by atoms with van der Waals surface area (Å²) < 4.78 is 53.0. The van der Waals surface area contributed by atoms with Crippen molar-refractivity contribution in [2.45, 2.75) is 18.6 Å². The van der Waals surface area contributed by atoms with Crippen LogP contribution in [-0.2, 0) is 14.3 Å². The first-order chi connectivity index (χ1) is 14.7. The minimum absolute atomic E-state index is 0.0863. The lowest BCUT2D eigenvalue weighted by Crippen LogP contribution is -2.66. The van der Waals surface area contributed by atoms with Gasteiger partial charge in [0, 0.05) is 18.4 Å². The highest BCUT2D eigenvalue weighted by Crippen LogP contribution is 2.37. The van der Waals surface area contributed by atoms with Crippen molar-refractivity contribution in [1.29, 1.82) is 0 Å². The van der Waals surface area contributed by atoms with Crippen LogP contribution in [0.4, 0.5) is 18.9 Å². The maximum Gasteiger partial charge on any atom is 0.437 e. The number of hydrogen-bond acceptors (Lipinski definition) is 6. The van der Waals surface area contributed by atoms with Crippen LogP contribution in [0.1, 0.15) is 16.1 Å². The summed E-state index contributed by atoms with van der Waals surface area (Å²) in [4.78, 5) is 35.4. The maximum absolute atomic E-state index is 14.6. The van der Waals surface area contributed by atoms with E-state index in [1.54, 1.807) is 6.92 Å². The summed E-state index contributed by atoms with van der Waals surface area (Å²) in [7, 11) is 0. The van der Waals surface area contributed by atoms with E-state index in [2.05, 4.69) is 9.97 Å². The zero-order chi connectivity index (χ0) is 22.2. The number of carbonyl (C=O) groups excluding carboxylic acids is 2. The average Bonchev–Trinajstić information content (AvgIpc) is 2.93. The molecule has 2 amide bonds. The molecule has 4 rings (SSSR count). The Hall–Kier alpha value is -3.05. The smallest absolute Gasteiger partial charge is 0.376 e. The van der Waals surface area contributed by atoms with Gasteiger partial charge in [-0.15, -0.1) is 0 Å². The summed E-state index contributed by atoms with van der Waals surface area (Å²) in [6, 6.07) is 4.60. The molecule has 31 heavy (non-hydrogen) atoms. The van der Waals surface area contributed by atoms with Crippen LogP contribution < -0.4 is 4.90 Å². The molecule has 0 bridgehead atoms. The second-order valence-corrected chi connectivity index (χ2v) is 7.47. The van der Waals surface area contributed by atoms with Crippen LogP contribution >= 0.6 is 0 Å². The number of anilines is 1. The van der Waals surface area contributed by atoms with E-state index in [9.17, 15) is 22.8 Å². The Kier molecular flexibility index (Phi) is 5.40. The Morgan fingerprint density at radius 3 is 2.65 bits per heavy atom. The number of benzene rings is 1. The fourth-order valence-electron chi connectivity index (χ4n) is 3.70. The molecule has 0 aliphatic carbocycles. The van der Waals surface area contributed by atoms with E-state index in [4.69, 9.17) is 9.47 Å². The van der Waals surface area contributed by atoms with Gasteiger partial charge in [-0.05, 0) is 31.2 Å². The zero-order valence-corrected chi connectivity index (χ0v) is 16.6. The molecule has 1 aromatic carbocycles. The standard InChI is InChI=1S/C20H19F3N4O4/c1-13-16(8-24-12-25-13)17(28)26-6-7-30-11-19(9-26)10-27(18(29)20(22,23)31-19)15-4-2-14(21)3-5-15/h2-5,8,12H,6-7,9-11H2,1H3. The second-order valence-electron chi connectivity index (χ2n) is 7.47. The number of alkyl halides is 2. The van der Waals surface area contributed by atoms with Crippen molar-refractivity contribution in [1.82, 2.24) is 14.9 Å². The normalized spacial score (nSPS) is 23.7. The van der Waals surface area contributed by atoms with Gasteiger partial charge in [0.15, 0.2) is 0 Å². The van der Waals surface area contributed by atoms with Gasteiger partial charge in [0.2, 0.25) is 0 Å². The van der Waals surface area contributed by atoms with Crippen molar-refractivity contribution in [3.05, 3.63) is 53.9 Å². The van der Waals surface area contributed by atoms with Gasteiger partial charge in [-0.3, -0.25) is 14.3 Å². The zero-order valence-electron chi connectivity index (χ0n) is 16.6. The highest BCUT2D eigenvalue weighted by atomic mass is 19.3. The third-order valence-electron chi connectivity index (χ3n) is 5.20. The number of halogens is 3. The van der Waals surface area contributed by atoms with Gasteiger partial charge < -0.3 is 14.5 Å². The molecule has 0 N–H and O–H groups in total. The number of ether oxygens (including phenoxy) is 2. The Bertz CT molecular complexity index is 1000. The van der Waals surface area contributed by atoms with E-state index in [1.807, 2.05) is 0 Å². The molecule has 1 aromatic heterocycles. The molecule has 11 heteroatoms. The highest BCUT2D eigenvalue weighted by Gasteiger charge is 2.58. The van der Waals surface area contributed by atoms with Crippen LogP contribution in [0.25, 0.3) is 0 Å². The number of aryl methyl sites for hydroxylation is 1. The van der Waals surface area contributed by atoms with Gasteiger partial charge >= 0.3 is 12.0 Å². The van der Waals surface area contributed by atoms with E-state index in [0.717, 1.165) is 17.0 Å². The van der Waals surface area contributed by atoms with Gasteiger partial charge in [0.05, 0.1) is 37.6 Å². The number of amides is 2. The Morgan fingerprint density at radius 2 is 1.94 bits per heavy atom. The fourth-order valence-corrected chi connectivity index (χ4v) is 3.70. The minimum Gasteiger partial charge on any atom is -0.376 e. The third kappa shape index (κ3) is 4.10. The lowest BCUT2D eigenvalue weighted by atomic mass is 10.00. The van der Waals surface area contributed by atoms with Crippen LogP contribution in [0.15, 0.2) is 36.8 Å². The molecular formula is C20H19F3N4O4. The first-order valence-corrected chi connectivity index (χ1v) is 9.50. The van der Waals surface area contributed by atoms with E-state index in [0.29, 0.717) is 5.69 Å². The molecule has 1 unspecified atom stereocenters.